The molecule has 4 rings (SSSR count). The fourth-order valence-corrected chi connectivity index (χ4v) is 3.85. The van der Waals surface area contributed by atoms with Gasteiger partial charge in [-0.3, -0.25) is 9.69 Å². The van der Waals surface area contributed by atoms with Crippen LogP contribution in [0.4, 0.5) is 0 Å². The zero-order valence-corrected chi connectivity index (χ0v) is 19.2. The van der Waals surface area contributed by atoms with E-state index in [4.69, 9.17) is 14.0 Å². The molecule has 8 nitrogen and oxygen atoms in total. The van der Waals surface area contributed by atoms with E-state index in [9.17, 15) is 4.79 Å². The van der Waals surface area contributed by atoms with Crippen LogP contribution in [0.3, 0.4) is 0 Å². The van der Waals surface area contributed by atoms with Gasteiger partial charge in [0.1, 0.15) is 12.4 Å². The molecule has 0 radical (unpaired) electrons. The lowest BCUT2D eigenvalue weighted by atomic mass is 10.1. The average Bonchev–Trinajstić information content (AvgIpc) is 3.30. The Balaban J connectivity index is 1.32. The van der Waals surface area contributed by atoms with Crippen molar-refractivity contribution in [2.45, 2.75) is 20.4 Å². The third-order valence-electron chi connectivity index (χ3n) is 5.68. The monoisotopic (exact) mass is 450 g/mol. The molecule has 0 atom stereocenters. The third-order valence-corrected chi connectivity index (χ3v) is 5.68. The Morgan fingerprint density at radius 2 is 1.79 bits per heavy atom. The molecule has 2 aromatic carbocycles. The molecule has 8 heteroatoms. The highest BCUT2D eigenvalue weighted by Crippen LogP contribution is 2.22. The van der Waals surface area contributed by atoms with Crippen LogP contribution in [0.5, 0.6) is 5.75 Å². The summed E-state index contributed by atoms with van der Waals surface area (Å²) in [6.07, 6.45) is 0. The number of hydrogen-bond donors (Lipinski definition) is 0. The normalized spacial score (nSPS) is 14.4. The first-order valence-electron chi connectivity index (χ1n) is 11.4. The zero-order valence-electron chi connectivity index (χ0n) is 19.2. The maximum atomic E-state index is 13.1. The summed E-state index contributed by atoms with van der Waals surface area (Å²) in [5.41, 5.74) is 2.67. The quantitative estimate of drug-likeness (QED) is 0.462. The molecule has 0 saturated carbocycles. The molecule has 1 saturated heterocycles. The molecule has 0 spiro atoms. The Bertz CT molecular complexity index is 1060. The first-order valence-corrected chi connectivity index (χ1v) is 11.4. The van der Waals surface area contributed by atoms with Crippen LogP contribution in [0, 0.1) is 6.92 Å². The van der Waals surface area contributed by atoms with E-state index in [1.165, 1.54) is 0 Å². The number of carbonyl (C=O) groups is 1. The van der Waals surface area contributed by atoms with Crippen molar-refractivity contribution in [3.05, 3.63) is 65.5 Å². The van der Waals surface area contributed by atoms with Gasteiger partial charge in [-0.05, 0) is 31.5 Å². The minimum Gasteiger partial charge on any atom is -0.490 e. The molecule has 33 heavy (non-hydrogen) atoms. The van der Waals surface area contributed by atoms with Crippen molar-refractivity contribution in [2.75, 3.05) is 46.0 Å². The lowest BCUT2D eigenvalue weighted by molar-refractivity contribution is 0.0607. The zero-order chi connectivity index (χ0) is 23.0. The highest BCUT2D eigenvalue weighted by atomic mass is 16.5. The molecule has 174 valence electrons. The van der Waals surface area contributed by atoms with E-state index < -0.39 is 0 Å². The molecule has 0 unspecified atom stereocenters. The summed E-state index contributed by atoms with van der Waals surface area (Å²) < 4.78 is 16.6. The second-order valence-corrected chi connectivity index (χ2v) is 7.94. The molecule has 0 N–H and O–H groups in total. The summed E-state index contributed by atoms with van der Waals surface area (Å²) in [5.74, 6) is 1.78. The molecule has 0 aliphatic carbocycles. The van der Waals surface area contributed by atoms with Crippen LogP contribution in [0.25, 0.3) is 11.4 Å². The second-order valence-electron chi connectivity index (χ2n) is 7.94. The average molecular weight is 451 g/mol. The van der Waals surface area contributed by atoms with Crippen molar-refractivity contribution in [3.8, 4) is 17.1 Å². The summed E-state index contributed by atoms with van der Waals surface area (Å²) in [5, 5.41) is 4.14. The number of piperazine rings is 1. The Morgan fingerprint density at radius 3 is 2.58 bits per heavy atom. The van der Waals surface area contributed by atoms with Crippen molar-refractivity contribution >= 4 is 5.91 Å². The van der Waals surface area contributed by atoms with Gasteiger partial charge in [0.05, 0.1) is 18.7 Å². The van der Waals surface area contributed by atoms with Crippen molar-refractivity contribution in [1.82, 2.24) is 19.9 Å². The molecule has 1 aromatic heterocycles. The number of hydrogen-bond acceptors (Lipinski definition) is 7. The van der Waals surface area contributed by atoms with Gasteiger partial charge in [0.25, 0.3) is 5.91 Å². The summed E-state index contributed by atoms with van der Waals surface area (Å²) in [6.45, 7) is 8.84. The van der Waals surface area contributed by atoms with Gasteiger partial charge >= 0.3 is 0 Å². The Morgan fingerprint density at radius 1 is 1.03 bits per heavy atom. The first-order chi connectivity index (χ1) is 16.2. The van der Waals surface area contributed by atoms with Crippen molar-refractivity contribution < 1.29 is 18.8 Å². The molecule has 0 bridgehead atoms. The van der Waals surface area contributed by atoms with Crippen LogP contribution >= 0.6 is 0 Å². The van der Waals surface area contributed by atoms with E-state index in [1.807, 2.05) is 67.3 Å². The number of carbonyl (C=O) groups excluding carboxylic acids is 1. The topological polar surface area (TPSA) is 80.9 Å². The van der Waals surface area contributed by atoms with Gasteiger partial charge in [0.15, 0.2) is 0 Å². The Labute approximate surface area is 194 Å². The van der Waals surface area contributed by atoms with E-state index >= 15 is 0 Å². The van der Waals surface area contributed by atoms with E-state index in [0.29, 0.717) is 62.5 Å². The Hall–Kier alpha value is -3.23. The van der Waals surface area contributed by atoms with Crippen LogP contribution in [-0.4, -0.2) is 71.8 Å². The van der Waals surface area contributed by atoms with E-state index in [2.05, 4.69) is 15.0 Å². The van der Waals surface area contributed by atoms with Gasteiger partial charge in [-0.15, -0.1) is 0 Å². The van der Waals surface area contributed by atoms with E-state index in [1.54, 1.807) is 0 Å². The standard InChI is InChI=1S/C25H30N4O4/c1-3-31-16-17-32-22-11-7-6-10-21(22)25(30)29-14-12-28(13-15-29)18-23-26-24(27-33-23)20-9-5-4-8-19(20)2/h4-11H,3,12-18H2,1-2H3. The van der Waals surface area contributed by atoms with E-state index in [0.717, 1.165) is 24.2 Å². The molecule has 2 heterocycles. The number of amides is 1. The third kappa shape index (κ3) is 5.77. The number of benzene rings is 2. The fourth-order valence-electron chi connectivity index (χ4n) is 3.85. The van der Waals surface area contributed by atoms with Gasteiger partial charge in [-0.1, -0.05) is 41.6 Å². The maximum absolute atomic E-state index is 13.1. The van der Waals surface area contributed by atoms with Gasteiger partial charge in [0.2, 0.25) is 11.7 Å². The number of ether oxygens (including phenoxy) is 2. The summed E-state index contributed by atoms with van der Waals surface area (Å²) in [7, 11) is 0. The molecule has 1 aliphatic rings. The molecule has 1 amide bonds. The van der Waals surface area contributed by atoms with E-state index in [-0.39, 0.29) is 5.91 Å². The largest absolute Gasteiger partial charge is 0.490 e. The minimum atomic E-state index is -0.0127. The summed E-state index contributed by atoms with van der Waals surface area (Å²) in [4.78, 5) is 21.8. The van der Waals surface area contributed by atoms with Crippen LogP contribution in [0.2, 0.25) is 0 Å². The van der Waals surface area contributed by atoms with Gasteiger partial charge in [0, 0.05) is 38.3 Å². The number of nitrogens with zero attached hydrogens (tertiary/aromatic N) is 4. The lowest BCUT2D eigenvalue weighted by Gasteiger charge is -2.34. The predicted octanol–water partition coefficient (Wildman–Crippen LogP) is 3.42. The molecular weight excluding hydrogens is 420 g/mol. The molecular formula is C25H30N4O4. The van der Waals surface area contributed by atoms with Crippen molar-refractivity contribution in [2.24, 2.45) is 0 Å². The second kappa shape index (κ2) is 11.1. The van der Waals surface area contributed by atoms with Crippen LogP contribution in [0.15, 0.2) is 53.1 Å². The molecule has 1 aliphatic heterocycles. The number of para-hydroxylation sites is 1. The first kappa shape index (κ1) is 22.9. The maximum Gasteiger partial charge on any atom is 0.257 e. The van der Waals surface area contributed by atoms with Gasteiger partial charge in [-0.2, -0.15) is 4.98 Å². The van der Waals surface area contributed by atoms with Crippen molar-refractivity contribution in [1.29, 1.82) is 0 Å². The van der Waals surface area contributed by atoms with Crippen molar-refractivity contribution in [3.63, 3.8) is 0 Å². The minimum absolute atomic E-state index is 0.0127. The summed E-state index contributed by atoms with van der Waals surface area (Å²) in [6, 6.07) is 15.4. The Kier molecular flexibility index (Phi) is 7.70. The highest BCUT2D eigenvalue weighted by molar-refractivity contribution is 5.97. The van der Waals surface area contributed by atoms with Crippen LogP contribution < -0.4 is 4.74 Å². The lowest BCUT2D eigenvalue weighted by Crippen LogP contribution is -2.48. The number of aromatic nitrogens is 2. The predicted molar refractivity (Wildman–Crippen MR) is 124 cm³/mol. The van der Waals surface area contributed by atoms with Gasteiger partial charge < -0.3 is 18.9 Å². The van der Waals surface area contributed by atoms with Gasteiger partial charge in [-0.25, -0.2) is 0 Å². The molecule has 3 aromatic rings. The number of aryl methyl sites for hydroxylation is 1. The molecule has 1 fully saturated rings. The van der Waals surface area contributed by atoms with Crippen LogP contribution in [-0.2, 0) is 11.3 Å². The fraction of sp³-hybridized carbons (Fsp3) is 0.400. The SMILES string of the molecule is CCOCCOc1ccccc1C(=O)N1CCN(Cc2nc(-c3ccccc3C)no2)CC1. The number of rotatable bonds is 9. The highest BCUT2D eigenvalue weighted by Gasteiger charge is 2.25. The smallest absolute Gasteiger partial charge is 0.257 e. The summed E-state index contributed by atoms with van der Waals surface area (Å²) >= 11 is 0. The van der Waals surface area contributed by atoms with Crippen LogP contribution in [0.1, 0.15) is 28.7 Å².